The van der Waals surface area contributed by atoms with Crippen molar-refractivity contribution in [3.8, 4) is 28.1 Å². The first-order valence-corrected chi connectivity index (χ1v) is 8.12. The van der Waals surface area contributed by atoms with Gasteiger partial charge < -0.3 is 14.4 Å². The molecule has 1 aliphatic heterocycles. The Morgan fingerprint density at radius 3 is 3.04 bits per heavy atom. The lowest BCUT2D eigenvalue weighted by Crippen LogP contribution is -2.32. The topological polar surface area (TPSA) is 75.5 Å². The zero-order valence-electron chi connectivity index (χ0n) is 12.6. The molecule has 7 heteroatoms. The molecule has 2 aromatic rings. The summed E-state index contributed by atoms with van der Waals surface area (Å²) in [6.07, 6.45) is 0.798. The molecule has 0 saturated carbocycles. The summed E-state index contributed by atoms with van der Waals surface area (Å²) in [7, 11) is 0. The van der Waals surface area contributed by atoms with E-state index in [0.717, 1.165) is 17.0 Å². The second-order valence-corrected chi connectivity index (χ2v) is 5.85. The number of rotatable bonds is 5. The number of carbonyl (C=O) groups excluding carboxylic acids is 1. The SMILES string of the molecule is CCCN(CC#N)C(=O)c1csc(-c2ccc3c(c2)OCO3)n1. The van der Waals surface area contributed by atoms with Crippen molar-refractivity contribution >= 4 is 17.2 Å². The lowest BCUT2D eigenvalue weighted by molar-refractivity contribution is 0.0771. The van der Waals surface area contributed by atoms with Crippen LogP contribution in [0.4, 0.5) is 0 Å². The number of amides is 1. The lowest BCUT2D eigenvalue weighted by atomic mass is 10.2. The van der Waals surface area contributed by atoms with E-state index in [4.69, 9.17) is 14.7 Å². The monoisotopic (exact) mass is 329 g/mol. The quantitative estimate of drug-likeness (QED) is 0.788. The predicted octanol–water partition coefficient (Wildman–Crippen LogP) is 2.91. The smallest absolute Gasteiger partial charge is 0.274 e. The molecule has 1 amide bonds. The highest BCUT2D eigenvalue weighted by atomic mass is 32.1. The van der Waals surface area contributed by atoms with Crippen molar-refractivity contribution in [3.63, 3.8) is 0 Å². The third-order valence-corrected chi connectivity index (χ3v) is 4.28. The van der Waals surface area contributed by atoms with E-state index < -0.39 is 0 Å². The molecule has 1 aliphatic rings. The molecule has 1 aromatic heterocycles. The molecule has 0 N–H and O–H groups in total. The van der Waals surface area contributed by atoms with Gasteiger partial charge in [0.15, 0.2) is 11.5 Å². The van der Waals surface area contributed by atoms with E-state index in [1.165, 1.54) is 16.2 Å². The van der Waals surface area contributed by atoms with Gasteiger partial charge in [-0.15, -0.1) is 11.3 Å². The van der Waals surface area contributed by atoms with Crippen molar-refractivity contribution in [2.45, 2.75) is 13.3 Å². The minimum Gasteiger partial charge on any atom is -0.454 e. The van der Waals surface area contributed by atoms with Crippen LogP contribution in [0.2, 0.25) is 0 Å². The van der Waals surface area contributed by atoms with Crippen molar-refractivity contribution < 1.29 is 14.3 Å². The third-order valence-electron chi connectivity index (χ3n) is 3.39. The fourth-order valence-corrected chi connectivity index (χ4v) is 3.09. The first-order chi connectivity index (χ1) is 11.2. The van der Waals surface area contributed by atoms with Crippen molar-refractivity contribution in [1.29, 1.82) is 5.26 Å². The van der Waals surface area contributed by atoms with Crippen LogP contribution in [0.25, 0.3) is 10.6 Å². The molecule has 6 nitrogen and oxygen atoms in total. The third kappa shape index (κ3) is 3.12. The highest BCUT2D eigenvalue weighted by Crippen LogP contribution is 2.36. The number of aromatic nitrogens is 1. The normalized spacial score (nSPS) is 12.0. The molecule has 118 valence electrons. The Bertz CT molecular complexity index is 766. The molecule has 23 heavy (non-hydrogen) atoms. The van der Waals surface area contributed by atoms with Crippen molar-refractivity contribution in [1.82, 2.24) is 9.88 Å². The van der Waals surface area contributed by atoms with Crippen LogP contribution in [-0.4, -0.2) is 35.7 Å². The second kappa shape index (κ2) is 6.67. The van der Waals surface area contributed by atoms with E-state index in [1.54, 1.807) is 5.38 Å². The van der Waals surface area contributed by atoms with Gasteiger partial charge in [0.1, 0.15) is 17.2 Å². The zero-order chi connectivity index (χ0) is 16.2. The Labute approximate surface area is 137 Å². The summed E-state index contributed by atoms with van der Waals surface area (Å²) >= 11 is 1.39. The first kappa shape index (κ1) is 15.3. The Hall–Kier alpha value is -2.59. The molecule has 0 spiro atoms. The van der Waals surface area contributed by atoms with Gasteiger partial charge in [0.2, 0.25) is 6.79 Å². The number of hydrogen-bond acceptors (Lipinski definition) is 6. The van der Waals surface area contributed by atoms with Crippen LogP contribution in [-0.2, 0) is 0 Å². The highest BCUT2D eigenvalue weighted by molar-refractivity contribution is 7.13. The summed E-state index contributed by atoms with van der Waals surface area (Å²) in [5, 5.41) is 11.3. The van der Waals surface area contributed by atoms with E-state index in [-0.39, 0.29) is 19.2 Å². The fourth-order valence-electron chi connectivity index (χ4n) is 2.30. The van der Waals surface area contributed by atoms with E-state index >= 15 is 0 Å². The summed E-state index contributed by atoms with van der Waals surface area (Å²) in [6, 6.07) is 7.60. The summed E-state index contributed by atoms with van der Waals surface area (Å²) < 4.78 is 10.6. The van der Waals surface area contributed by atoms with E-state index in [9.17, 15) is 4.79 Å². The van der Waals surface area contributed by atoms with E-state index in [2.05, 4.69) is 4.98 Å². The van der Waals surface area contributed by atoms with Crippen LogP contribution >= 0.6 is 11.3 Å². The number of fused-ring (bicyclic) bond motifs is 1. The number of benzene rings is 1. The van der Waals surface area contributed by atoms with E-state index in [0.29, 0.717) is 23.7 Å². The minimum atomic E-state index is -0.211. The fraction of sp³-hybridized carbons (Fsp3) is 0.312. The van der Waals surface area contributed by atoms with Crippen molar-refractivity contribution in [2.75, 3.05) is 19.9 Å². The zero-order valence-corrected chi connectivity index (χ0v) is 13.4. The molecule has 0 radical (unpaired) electrons. The molecular formula is C16H15N3O3S. The number of nitrogens with zero attached hydrogens (tertiary/aromatic N) is 3. The van der Waals surface area contributed by atoms with Gasteiger partial charge in [-0.25, -0.2) is 4.98 Å². The number of thiazole rings is 1. The average Bonchev–Trinajstić information content (AvgIpc) is 3.22. The van der Waals surface area contributed by atoms with Crippen LogP contribution in [0.15, 0.2) is 23.6 Å². The second-order valence-electron chi connectivity index (χ2n) is 4.99. The van der Waals surface area contributed by atoms with Gasteiger partial charge in [0.05, 0.1) is 6.07 Å². The summed E-state index contributed by atoms with van der Waals surface area (Å²) in [4.78, 5) is 18.4. The number of ether oxygens (including phenoxy) is 2. The highest BCUT2D eigenvalue weighted by Gasteiger charge is 2.20. The molecule has 0 bridgehead atoms. The van der Waals surface area contributed by atoms with Gasteiger partial charge in [-0.2, -0.15) is 5.26 Å². The standard InChI is InChI=1S/C16H15N3O3S/c1-2-6-19(7-5-17)16(20)12-9-23-15(18-12)11-3-4-13-14(8-11)22-10-21-13/h3-4,8-9H,2,6-7,10H2,1H3. The van der Waals surface area contributed by atoms with Crippen LogP contribution in [0, 0.1) is 11.3 Å². The molecule has 3 rings (SSSR count). The number of carbonyl (C=O) groups is 1. The molecule has 0 saturated heterocycles. The maximum atomic E-state index is 12.4. The Balaban J connectivity index is 1.82. The first-order valence-electron chi connectivity index (χ1n) is 7.24. The number of nitriles is 1. The van der Waals surface area contributed by atoms with Crippen LogP contribution < -0.4 is 9.47 Å². The van der Waals surface area contributed by atoms with Gasteiger partial charge in [-0.3, -0.25) is 4.79 Å². The summed E-state index contributed by atoms with van der Waals surface area (Å²) in [5.41, 5.74) is 1.24. The lowest BCUT2D eigenvalue weighted by Gasteiger charge is -2.16. The molecule has 0 fully saturated rings. The predicted molar refractivity (Wildman–Crippen MR) is 85.5 cm³/mol. The Morgan fingerprint density at radius 1 is 1.43 bits per heavy atom. The van der Waals surface area contributed by atoms with Crippen LogP contribution in [0.1, 0.15) is 23.8 Å². The van der Waals surface area contributed by atoms with Crippen molar-refractivity contribution in [3.05, 3.63) is 29.3 Å². The Morgan fingerprint density at radius 2 is 2.26 bits per heavy atom. The van der Waals surface area contributed by atoms with E-state index in [1.807, 2.05) is 31.2 Å². The van der Waals surface area contributed by atoms with Gasteiger partial charge in [0.25, 0.3) is 5.91 Å². The van der Waals surface area contributed by atoms with Crippen LogP contribution in [0.3, 0.4) is 0 Å². The maximum Gasteiger partial charge on any atom is 0.274 e. The summed E-state index contributed by atoms with van der Waals surface area (Å²) in [5.74, 6) is 1.18. The average molecular weight is 329 g/mol. The molecule has 0 aliphatic carbocycles. The summed E-state index contributed by atoms with van der Waals surface area (Å²) in [6.45, 7) is 2.81. The largest absolute Gasteiger partial charge is 0.454 e. The van der Waals surface area contributed by atoms with Crippen LogP contribution in [0.5, 0.6) is 11.5 Å². The molecule has 1 aromatic carbocycles. The van der Waals surface area contributed by atoms with Gasteiger partial charge in [-0.1, -0.05) is 6.92 Å². The van der Waals surface area contributed by atoms with Gasteiger partial charge in [0, 0.05) is 17.5 Å². The molecular weight excluding hydrogens is 314 g/mol. The van der Waals surface area contributed by atoms with Gasteiger partial charge in [-0.05, 0) is 24.6 Å². The molecule has 0 unspecified atom stereocenters. The number of hydrogen-bond donors (Lipinski definition) is 0. The van der Waals surface area contributed by atoms with Crippen molar-refractivity contribution in [2.24, 2.45) is 0 Å². The molecule has 0 atom stereocenters. The van der Waals surface area contributed by atoms with Gasteiger partial charge >= 0.3 is 0 Å². The minimum absolute atomic E-state index is 0.0730. The maximum absolute atomic E-state index is 12.4. The Kier molecular flexibility index (Phi) is 4.44. The molecule has 2 heterocycles.